The third-order valence-electron chi connectivity index (χ3n) is 5.66. The van der Waals surface area contributed by atoms with Crippen LogP contribution in [0, 0.1) is 0 Å². The summed E-state index contributed by atoms with van der Waals surface area (Å²) in [6.07, 6.45) is 4.70. The highest BCUT2D eigenvalue weighted by Gasteiger charge is 2.26. The smallest absolute Gasteiger partial charge is 0.261 e. The van der Waals surface area contributed by atoms with Crippen molar-refractivity contribution >= 4 is 34.4 Å². The minimum Gasteiger partial charge on any atom is -0.393 e. The summed E-state index contributed by atoms with van der Waals surface area (Å²) in [5.74, 6) is 0. The van der Waals surface area contributed by atoms with Gasteiger partial charge in [0.1, 0.15) is 23.1 Å². The van der Waals surface area contributed by atoms with Gasteiger partial charge in [0, 0.05) is 16.6 Å². The van der Waals surface area contributed by atoms with Crippen molar-refractivity contribution in [2.75, 3.05) is 0 Å². The number of hydrogen-bond acceptors (Lipinski definition) is 6. The Balaban J connectivity index is 1.74. The number of aromatic nitrogens is 3. The van der Waals surface area contributed by atoms with E-state index in [1.54, 1.807) is 35.3 Å². The number of nitrogens with zero attached hydrogens (tertiary/aromatic N) is 5. The maximum Gasteiger partial charge on any atom is 0.261 e. The average Bonchev–Trinajstić information content (AvgIpc) is 3.36. The summed E-state index contributed by atoms with van der Waals surface area (Å²) in [7, 11) is 0. The summed E-state index contributed by atoms with van der Waals surface area (Å²) in [6.45, 7) is 1.89. The number of benzene rings is 1. The van der Waals surface area contributed by atoms with Gasteiger partial charge in [-0.15, -0.1) is 0 Å². The topological polar surface area (TPSA) is 92.7 Å². The van der Waals surface area contributed by atoms with E-state index < -0.39 is 0 Å². The predicted octanol–water partition coefficient (Wildman–Crippen LogP) is 3.42. The minimum absolute atomic E-state index is 0.0506. The summed E-state index contributed by atoms with van der Waals surface area (Å²) in [6, 6.07) is 9.05. The molecular weight excluding hydrogens is 402 g/mol. The molecule has 0 spiro atoms. The third kappa shape index (κ3) is 3.34. The first-order chi connectivity index (χ1) is 14.5. The zero-order chi connectivity index (χ0) is 20.8. The molecule has 2 aromatic heterocycles. The fourth-order valence-electron chi connectivity index (χ4n) is 4.11. The van der Waals surface area contributed by atoms with Gasteiger partial charge in [0.15, 0.2) is 0 Å². The Morgan fingerprint density at radius 1 is 1.20 bits per heavy atom. The van der Waals surface area contributed by atoms with E-state index in [1.165, 1.54) is 0 Å². The Morgan fingerprint density at radius 2 is 2.00 bits per heavy atom. The van der Waals surface area contributed by atoms with E-state index in [2.05, 4.69) is 15.0 Å². The standard InChI is InChI=1S/C22H20ClN5O2/c1-12-24-10-19(26-12)21-20-17(9-18(27-21)13-2-4-14(23)5-3-13)22(30)28(11-25-20)15-6-7-16(29)8-15/h2-5,9-12,15-16,29H,6-8H2,1H3/t12?,15-,16+/m1/s1. The number of aliphatic imine (C=N–C) groups is 2. The summed E-state index contributed by atoms with van der Waals surface area (Å²) >= 11 is 6.03. The Hall–Kier alpha value is -2.90. The van der Waals surface area contributed by atoms with Gasteiger partial charge < -0.3 is 5.11 Å². The van der Waals surface area contributed by atoms with Gasteiger partial charge in [0.2, 0.25) is 0 Å². The SMILES string of the molecule is CC1N=CC(c2nc(-c3ccc(Cl)cc3)cc3c(=O)n([C@@H]4CC[C@H](O)C4)cnc23)=N1. The van der Waals surface area contributed by atoms with Gasteiger partial charge in [-0.25, -0.2) is 9.97 Å². The monoisotopic (exact) mass is 421 g/mol. The summed E-state index contributed by atoms with van der Waals surface area (Å²) in [4.78, 5) is 31.6. The third-order valence-corrected chi connectivity index (χ3v) is 5.91. The molecule has 1 unspecified atom stereocenters. The molecule has 3 heterocycles. The number of fused-ring (bicyclic) bond motifs is 1. The van der Waals surface area contributed by atoms with Crippen LogP contribution < -0.4 is 5.56 Å². The fourth-order valence-corrected chi connectivity index (χ4v) is 4.23. The maximum atomic E-state index is 13.4. The van der Waals surface area contributed by atoms with Crippen molar-refractivity contribution in [1.82, 2.24) is 14.5 Å². The summed E-state index contributed by atoms with van der Waals surface area (Å²) < 4.78 is 1.64. The van der Waals surface area contributed by atoms with Crippen molar-refractivity contribution in [3.63, 3.8) is 0 Å². The second-order valence-electron chi connectivity index (χ2n) is 7.76. The van der Waals surface area contributed by atoms with Crippen LogP contribution in [-0.4, -0.2) is 43.8 Å². The average molecular weight is 422 g/mol. The molecule has 0 saturated heterocycles. The van der Waals surface area contributed by atoms with Crippen LogP contribution in [0.15, 0.2) is 51.4 Å². The Kier molecular flexibility index (Phi) is 4.72. The van der Waals surface area contributed by atoms with Gasteiger partial charge in [-0.05, 0) is 44.4 Å². The highest BCUT2D eigenvalue weighted by atomic mass is 35.5. The lowest BCUT2D eigenvalue weighted by Crippen LogP contribution is -2.25. The number of halogens is 1. The molecule has 1 aliphatic carbocycles. The Labute approximate surface area is 177 Å². The van der Waals surface area contributed by atoms with Crippen LogP contribution in [0.25, 0.3) is 22.2 Å². The second-order valence-corrected chi connectivity index (χ2v) is 8.20. The second kappa shape index (κ2) is 7.41. The lowest BCUT2D eigenvalue weighted by molar-refractivity contribution is 0.177. The van der Waals surface area contributed by atoms with Crippen molar-refractivity contribution < 1.29 is 5.11 Å². The largest absolute Gasteiger partial charge is 0.393 e. The first-order valence-corrected chi connectivity index (χ1v) is 10.3. The Morgan fingerprint density at radius 3 is 2.67 bits per heavy atom. The molecule has 152 valence electrons. The minimum atomic E-state index is -0.374. The van der Waals surface area contributed by atoms with Gasteiger partial charge in [0.05, 0.1) is 29.7 Å². The first kappa shape index (κ1) is 19.1. The molecule has 1 saturated carbocycles. The van der Waals surface area contributed by atoms with Gasteiger partial charge in [-0.2, -0.15) is 0 Å². The van der Waals surface area contributed by atoms with Crippen LogP contribution in [0.3, 0.4) is 0 Å². The van der Waals surface area contributed by atoms with Gasteiger partial charge >= 0.3 is 0 Å². The number of pyridine rings is 1. The normalized spacial score (nSPS) is 23.3. The summed E-state index contributed by atoms with van der Waals surface area (Å²) in [5, 5.41) is 11.0. The molecule has 0 amide bonds. The molecule has 1 aromatic carbocycles. The number of rotatable bonds is 3. The zero-order valence-corrected chi connectivity index (χ0v) is 17.1. The van der Waals surface area contributed by atoms with Crippen LogP contribution in [0.5, 0.6) is 0 Å². The molecular formula is C22H20ClN5O2. The van der Waals surface area contributed by atoms with Crippen LogP contribution in [0.2, 0.25) is 5.02 Å². The van der Waals surface area contributed by atoms with E-state index in [1.807, 2.05) is 19.1 Å². The molecule has 2 aliphatic rings. The van der Waals surface area contributed by atoms with Gasteiger partial charge in [-0.3, -0.25) is 19.3 Å². The molecule has 0 bridgehead atoms. The van der Waals surface area contributed by atoms with Crippen molar-refractivity contribution in [1.29, 1.82) is 0 Å². The predicted molar refractivity (Wildman–Crippen MR) is 118 cm³/mol. The number of hydrogen-bond donors (Lipinski definition) is 1. The molecule has 1 aliphatic heterocycles. The van der Waals surface area contributed by atoms with Crippen molar-refractivity contribution in [3.8, 4) is 11.3 Å². The molecule has 30 heavy (non-hydrogen) atoms. The van der Waals surface area contributed by atoms with Gasteiger partial charge in [0.25, 0.3) is 5.56 Å². The van der Waals surface area contributed by atoms with E-state index in [0.717, 1.165) is 12.0 Å². The van der Waals surface area contributed by atoms with Crippen LogP contribution in [-0.2, 0) is 0 Å². The first-order valence-electron chi connectivity index (χ1n) is 9.97. The Bertz CT molecular complexity index is 1250. The molecule has 3 atom stereocenters. The van der Waals surface area contributed by atoms with Gasteiger partial charge in [-0.1, -0.05) is 23.7 Å². The maximum absolute atomic E-state index is 13.4. The molecule has 5 rings (SSSR count). The van der Waals surface area contributed by atoms with Crippen molar-refractivity contribution in [3.05, 3.63) is 57.7 Å². The van der Waals surface area contributed by atoms with Crippen LogP contribution in [0.4, 0.5) is 0 Å². The number of aliphatic hydroxyl groups excluding tert-OH is 1. The van der Waals surface area contributed by atoms with E-state index in [4.69, 9.17) is 16.6 Å². The van der Waals surface area contributed by atoms with E-state index in [-0.39, 0.29) is 23.9 Å². The van der Waals surface area contributed by atoms with Crippen LogP contribution in [0.1, 0.15) is 37.9 Å². The molecule has 3 aromatic rings. The lowest BCUT2D eigenvalue weighted by atomic mass is 10.1. The van der Waals surface area contributed by atoms with Crippen molar-refractivity contribution in [2.24, 2.45) is 9.98 Å². The zero-order valence-electron chi connectivity index (χ0n) is 16.4. The van der Waals surface area contributed by atoms with E-state index in [0.29, 0.717) is 45.9 Å². The fraction of sp³-hybridized carbons (Fsp3) is 0.318. The molecule has 8 heteroatoms. The lowest BCUT2D eigenvalue weighted by Gasteiger charge is -2.15. The highest BCUT2D eigenvalue weighted by Crippen LogP contribution is 2.30. The molecule has 0 radical (unpaired) electrons. The highest BCUT2D eigenvalue weighted by molar-refractivity contribution is 6.40. The quantitative estimate of drug-likeness (QED) is 0.701. The number of aliphatic hydroxyl groups is 1. The van der Waals surface area contributed by atoms with E-state index >= 15 is 0 Å². The van der Waals surface area contributed by atoms with Crippen LogP contribution >= 0.6 is 11.6 Å². The van der Waals surface area contributed by atoms with Crippen molar-refractivity contribution in [2.45, 2.75) is 44.5 Å². The molecule has 1 N–H and O–H groups in total. The molecule has 7 nitrogen and oxygen atoms in total. The van der Waals surface area contributed by atoms with E-state index in [9.17, 15) is 9.90 Å². The summed E-state index contributed by atoms with van der Waals surface area (Å²) in [5.41, 5.74) is 3.02. The molecule has 1 fully saturated rings.